The summed E-state index contributed by atoms with van der Waals surface area (Å²) >= 11 is 0. The molecule has 0 bridgehead atoms. The van der Waals surface area contributed by atoms with Gasteiger partial charge in [0.2, 0.25) is 0 Å². The molecule has 0 fully saturated rings. The van der Waals surface area contributed by atoms with Crippen molar-refractivity contribution in [2.75, 3.05) is 11.9 Å². The molecule has 0 spiro atoms. The lowest BCUT2D eigenvalue weighted by molar-refractivity contribution is 0.763. The minimum atomic E-state index is 0.352. The van der Waals surface area contributed by atoms with Gasteiger partial charge in [0.15, 0.2) is 0 Å². The summed E-state index contributed by atoms with van der Waals surface area (Å²) in [5.74, 6) is 2.17. The van der Waals surface area contributed by atoms with Crippen LogP contribution in [-0.4, -0.2) is 26.7 Å². The highest BCUT2D eigenvalue weighted by Gasteiger charge is 2.05. The molecule has 0 aliphatic rings. The first kappa shape index (κ1) is 13.5. The third-order valence-electron chi connectivity index (χ3n) is 2.88. The van der Waals surface area contributed by atoms with Crippen LogP contribution in [0.25, 0.3) is 0 Å². The van der Waals surface area contributed by atoms with Crippen LogP contribution >= 0.6 is 0 Å². The number of aromatic nitrogens is 4. The smallest absolute Gasteiger partial charge is 0.133 e. The predicted octanol–water partition coefficient (Wildman–Crippen LogP) is 2.68. The summed E-state index contributed by atoms with van der Waals surface area (Å²) < 4.78 is 0. The average Bonchev–Trinajstić information content (AvgIpc) is 2.87. The third kappa shape index (κ3) is 4.05. The van der Waals surface area contributed by atoms with Crippen molar-refractivity contribution in [3.8, 4) is 0 Å². The van der Waals surface area contributed by atoms with Gasteiger partial charge in [-0.3, -0.25) is 5.10 Å². The Labute approximate surface area is 113 Å². The van der Waals surface area contributed by atoms with E-state index in [1.54, 1.807) is 6.20 Å². The number of nitrogens with zero attached hydrogens (tertiary/aromatic N) is 3. The SMILES string of the molecule is Cc1cc(NCCCc2ccn[nH]2)nc(C(C)C)n1. The van der Waals surface area contributed by atoms with Crippen molar-refractivity contribution in [3.05, 3.63) is 35.5 Å². The maximum atomic E-state index is 4.53. The summed E-state index contributed by atoms with van der Waals surface area (Å²) in [6, 6.07) is 3.99. The van der Waals surface area contributed by atoms with Gasteiger partial charge in [-0.05, 0) is 25.8 Å². The standard InChI is InChI=1S/C14H21N5/c1-10(2)14-17-11(3)9-13(18-14)15-7-4-5-12-6-8-16-19-12/h6,8-10H,4-5,7H2,1-3H3,(H,16,19)(H,15,17,18). The lowest BCUT2D eigenvalue weighted by Crippen LogP contribution is -2.08. The van der Waals surface area contributed by atoms with E-state index in [2.05, 4.69) is 39.3 Å². The Balaban J connectivity index is 1.85. The van der Waals surface area contributed by atoms with E-state index in [0.717, 1.165) is 36.7 Å². The van der Waals surface area contributed by atoms with Gasteiger partial charge in [0.25, 0.3) is 0 Å². The van der Waals surface area contributed by atoms with E-state index in [0.29, 0.717) is 5.92 Å². The molecular formula is C14H21N5. The molecule has 0 amide bonds. The van der Waals surface area contributed by atoms with E-state index in [-0.39, 0.29) is 0 Å². The van der Waals surface area contributed by atoms with Crippen molar-refractivity contribution in [3.63, 3.8) is 0 Å². The summed E-state index contributed by atoms with van der Waals surface area (Å²) in [4.78, 5) is 8.96. The second-order valence-corrected chi connectivity index (χ2v) is 5.02. The zero-order valence-electron chi connectivity index (χ0n) is 11.8. The molecule has 0 saturated heterocycles. The molecule has 19 heavy (non-hydrogen) atoms. The van der Waals surface area contributed by atoms with Gasteiger partial charge in [0, 0.05) is 36.1 Å². The summed E-state index contributed by atoms with van der Waals surface area (Å²) in [6.07, 6.45) is 3.82. The van der Waals surface area contributed by atoms with E-state index in [1.807, 2.05) is 19.1 Å². The van der Waals surface area contributed by atoms with Gasteiger partial charge in [-0.2, -0.15) is 5.10 Å². The van der Waals surface area contributed by atoms with Gasteiger partial charge in [0.1, 0.15) is 11.6 Å². The van der Waals surface area contributed by atoms with Crippen molar-refractivity contribution < 1.29 is 0 Å². The zero-order valence-corrected chi connectivity index (χ0v) is 11.8. The van der Waals surface area contributed by atoms with E-state index >= 15 is 0 Å². The van der Waals surface area contributed by atoms with E-state index in [9.17, 15) is 0 Å². The molecule has 0 radical (unpaired) electrons. The van der Waals surface area contributed by atoms with Gasteiger partial charge in [-0.15, -0.1) is 0 Å². The summed E-state index contributed by atoms with van der Waals surface area (Å²) in [5, 5.41) is 10.3. The van der Waals surface area contributed by atoms with Gasteiger partial charge >= 0.3 is 0 Å². The number of hydrogen-bond donors (Lipinski definition) is 2. The first-order valence-electron chi connectivity index (χ1n) is 6.73. The molecule has 0 saturated carbocycles. The first-order chi connectivity index (χ1) is 9.15. The largest absolute Gasteiger partial charge is 0.370 e. The molecule has 2 aromatic heterocycles. The summed E-state index contributed by atoms with van der Waals surface area (Å²) in [5.41, 5.74) is 2.18. The van der Waals surface area contributed by atoms with Gasteiger partial charge < -0.3 is 5.32 Å². The Hall–Kier alpha value is -1.91. The zero-order chi connectivity index (χ0) is 13.7. The highest BCUT2D eigenvalue weighted by Crippen LogP contribution is 2.13. The normalized spacial score (nSPS) is 10.9. The molecule has 0 aliphatic carbocycles. The number of anilines is 1. The Kier molecular flexibility index (Phi) is 4.49. The van der Waals surface area contributed by atoms with Crippen LogP contribution in [0.4, 0.5) is 5.82 Å². The molecule has 2 heterocycles. The van der Waals surface area contributed by atoms with Crippen LogP contribution in [0.2, 0.25) is 0 Å². The lowest BCUT2D eigenvalue weighted by Gasteiger charge is -2.10. The highest BCUT2D eigenvalue weighted by molar-refractivity contribution is 5.36. The maximum absolute atomic E-state index is 4.53. The molecule has 0 unspecified atom stereocenters. The van der Waals surface area contributed by atoms with Gasteiger partial charge in [-0.25, -0.2) is 9.97 Å². The number of nitrogens with one attached hydrogen (secondary N) is 2. The van der Waals surface area contributed by atoms with Crippen LogP contribution in [0.15, 0.2) is 18.3 Å². The fraction of sp³-hybridized carbons (Fsp3) is 0.500. The van der Waals surface area contributed by atoms with Crippen molar-refractivity contribution in [1.82, 2.24) is 20.2 Å². The number of aromatic amines is 1. The molecule has 2 N–H and O–H groups in total. The summed E-state index contributed by atoms with van der Waals surface area (Å²) in [7, 11) is 0. The molecule has 0 atom stereocenters. The minimum absolute atomic E-state index is 0.352. The van der Waals surface area contributed by atoms with Crippen LogP contribution in [0.5, 0.6) is 0 Å². The molecule has 2 rings (SSSR count). The molecule has 102 valence electrons. The Morgan fingerprint density at radius 1 is 1.32 bits per heavy atom. The first-order valence-corrected chi connectivity index (χ1v) is 6.73. The van der Waals surface area contributed by atoms with Crippen LogP contribution in [0, 0.1) is 6.92 Å². The monoisotopic (exact) mass is 259 g/mol. The number of H-pyrrole nitrogens is 1. The second-order valence-electron chi connectivity index (χ2n) is 5.02. The average molecular weight is 259 g/mol. The predicted molar refractivity (Wildman–Crippen MR) is 76.3 cm³/mol. The fourth-order valence-corrected chi connectivity index (χ4v) is 1.86. The molecule has 5 nitrogen and oxygen atoms in total. The highest BCUT2D eigenvalue weighted by atomic mass is 15.1. The van der Waals surface area contributed by atoms with Crippen LogP contribution in [-0.2, 0) is 6.42 Å². The number of aryl methyl sites for hydroxylation is 2. The molecule has 5 heteroatoms. The van der Waals surface area contributed by atoms with Crippen molar-refractivity contribution in [2.45, 2.75) is 39.5 Å². The van der Waals surface area contributed by atoms with E-state index < -0.39 is 0 Å². The molecule has 0 aromatic carbocycles. The quantitative estimate of drug-likeness (QED) is 0.783. The van der Waals surface area contributed by atoms with E-state index in [4.69, 9.17) is 0 Å². The Morgan fingerprint density at radius 3 is 2.84 bits per heavy atom. The molecule has 0 aliphatic heterocycles. The van der Waals surface area contributed by atoms with Crippen molar-refractivity contribution in [1.29, 1.82) is 0 Å². The number of rotatable bonds is 6. The maximum Gasteiger partial charge on any atom is 0.133 e. The van der Waals surface area contributed by atoms with Crippen LogP contribution in [0.1, 0.15) is 43.4 Å². The fourth-order valence-electron chi connectivity index (χ4n) is 1.86. The lowest BCUT2D eigenvalue weighted by atomic mass is 10.2. The van der Waals surface area contributed by atoms with Crippen LogP contribution in [0.3, 0.4) is 0 Å². The Morgan fingerprint density at radius 2 is 2.16 bits per heavy atom. The van der Waals surface area contributed by atoms with Crippen molar-refractivity contribution in [2.24, 2.45) is 0 Å². The van der Waals surface area contributed by atoms with Gasteiger partial charge in [0.05, 0.1) is 0 Å². The minimum Gasteiger partial charge on any atom is -0.370 e. The number of hydrogen-bond acceptors (Lipinski definition) is 4. The molecule has 2 aromatic rings. The third-order valence-corrected chi connectivity index (χ3v) is 2.88. The topological polar surface area (TPSA) is 66.5 Å². The Bertz CT molecular complexity index is 505. The van der Waals surface area contributed by atoms with Crippen LogP contribution < -0.4 is 5.32 Å². The molecular weight excluding hydrogens is 238 g/mol. The second kappa shape index (κ2) is 6.31. The van der Waals surface area contributed by atoms with E-state index in [1.165, 1.54) is 5.69 Å². The summed E-state index contributed by atoms with van der Waals surface area (Å²) in [6.45, 7) is 7.12. The van der Waals surface area contributed by atoms with Crippen molar-refractivity contribution >= 4 is 5.82 Å². The van der Waals surface area contributed by atoms with Gasteiger partial charge in [-0.1, -0.05) is 13.8 Å².